The van der Waals surface area contributed by atoms with Gasteiger partial charge in [-0.1, -0.05) is 24.4 Å². The maximum atomic E-state index is 14.0. The molecule has 0 aliphatic heterocycles. The summed E-state index contributed by atoms with van der Waals surface area (Å²) in [5.41, 5.74) is 0.560. The fourth-order valence-corrected chi connectivity index (χ4v) is 4.47. The van der Waals surface area contributed by atoms with E-state index < -0.39 is 0 Å². The molecule has 2 aliphatic rings. The van der Waals surface area contributed by atoms with E-state index in [9.17, 15) is 4.39 Å². The number of rotatable bonds is 2. The summed E-state index contributed by atoms with van der Waals surface area (Å²) < 4.78 is 14.6. The van der Waals surface area contributed by atoms with Crippen LogP contribution in [-0.2, 0) is 0 Å². The molecule has 0 aromatic heterocycles. The summed E-state index contributed by atoms with van der Waals surface area (Å²) in [6.45, 7) is 0. The van der Waals surface area contributed by atoms with Gasteiger partial charge in [-0.05, 0) is 58.7 Å². The maximum absolute atomic E-state index is 14.0. The van der Waals surface area contributed by atoms with Gasteiger partial charge in [0.25, 0.3) is 0 Å². The number of alkyl halides is 1. The molecule has 0 nitrogen and oxygen atoms in total. The molecule has 3 unspecified atom stereocenters. The molecule has 0 heterocycles. The van der Waals surface area contributed by atoms with Crippen molar-refractivity contribution in [2.75, 3.05) is 0 Å². The third-order valence-electron chi connectivity index (χ3n) is 4.40. The third-order valence-corrected chi connectivity index (χ3v) is 6.12. The lowest BCUT2D eigenvalue weighted by Crippen LogP contribution is -2.00. The van der Waals surface area contributed by atoms with E-state index in [0.717, 1.165) is 0 Å². The minimum absolute atomic E-state index is 0.233. The Morgan fingerprint density at radius 3 is 2.44 bits per heavy atom. The molecule has 3 rings (SSSR count). The number of fused-ring (bicyclic) bond motifs is 1. The Labute approximate surface area is 125 Å². The van der Waals surface area contributed by atoms with Crippen molar-refractivity contribution in [2.45, 2.75) is 31.1 Å². The minimum Gasteiger partial charge on any atom is -0.207 e. The third kappa shape index (κ3) is 2.21. The second-order valence-electron chi connectivity index (χ2n) is 5.38. The van der Waals surface area contributed by atoms with Crippen LogP contribution < -0.4 is 0 Å². The zero-order chi connectivity index (χ0) is 12.9. The quantitative estimate of drug-likeness (QED) is 0.455. The van der Waals surface area contributed by atoms with E-state index in [1.165, 1.54) is 31.7 Å². The molecular formula is C14H14BrCl2F. The molecule has 3 atom stereocenters. The second-order valence-corrected chi connectivity index (χ2v) is 7.11. The second kappa shape index (κ2) is 4.96. The molecule has 0 radical (unpaired) electrons. The van der Waals surface area contributed by atoms with Gasteiger partial charge in [0, 0.05) is 10.0 Å². The number of benzene rings is 1. The van der Waals surface area contributed by atoms with Crippen LogP contribution in [0.3, 0.4) is 0 Å². The zero-order valence-corrected chi connectivity index (χ0v) is 12.9. The number of hydrogen-bond acceptors (Lipinski definition) is 0. The van der Waals surface area contributed by atoms with Gasteiger partial charge in [-0.25, -0.2) is 4.39 Å². The molecule has 0 spiro atoms. The van der Waals surface area contributed by atoms with E-state index in [1.54, 1.807) is 6.07 Å². The highest BCUT2D eigenvalue weighted by Crippen LogP contribution is 2.62. The van der Waals surface area contributed by atoms with Crippen molar-refractivity contribution in [2.24, 2.45) is 17.8 Å². The van der Waals surface area contributed by atoms with E-state index in [-0.39, 0.29) is 11.2 Å². The van der Waals surface area contributed by atoms with Crippen molar-refractivity contribution in [3.63, 3.8) is 0 Å². The van der Waals surface area contributed by atoms with Gasteiger partial charge in [-0.2, -0.15) is 0 Å². The van der Waals surface area contributed by atoms with Gasteiger partial charge in [-0.3, -0.25) is 0 Å². The van der Waals surface area contributed by atoms with Crippen molar-refractivity contribution in [1.29, 1.82) is 0 Å². The smallest absolute Gasteiger partial charge is 0.129 e. The van der Waals surface area contributed by atoms with E-state index in [0.29, 0.717) is 32.8 Å². The number of halogens is 4. The van der Waals surface area contributed by atoms with Crippen LogP contribution in [0.1, 0.15) is 36.6 Å². The molecular weight excluding hydrogens is 338 g/mol. The molecule has 98 valence electrons. The highest BCUT2D eigenvalue weighted by Gasteiger charge is 2.54. The molecule has 0 amide bonds. The fourth-order valence-electron chi connectivity index (χ4n) is 3.44. The van der Waals surface area contributed by atoms with Crippen LogP contribution in [0.25, 0.3) is 0 Å². The van der Waals surface area contributed by atoms with Gasteiger partial charge in [0.15, 0.2) is 0 Å². The van der Waals surface area contributed by atoms with Crippen molar-refractivity contribution >= 4 is 39.1 Å². The molecule has 0 bridgehead atoms. The van der Waals surface area contributed by atoms with Crippen molar-refractivity contribution < 1.29 is 4.39 Å². The normalized spacial score (nSPS) is 31.9. The molecule has 2 saturated carbocycles. The largest absolute Gasteiger partial charge is 0.207 e. The number of hydrogen-bond donors (Lipinski definition) is 0. The summed E-state index contributed by atoms with van der Waals surface area (Å²) in [6.07, 6.45) is 5.10. The Balaban J connectivity index is 1.85. The summed E-state index contributed by atoms with van der Waals surface area (Å²) in [4.78, 5) is 0. The Bertz CT molecular complexity index is 465. The first kappa shape index (κ1) is 13.2. The predicted octanol–water partition coefficient (Wildman–Crippen LogP) is 5.96. The van der Waals surface area contributed by atoms with Crippen LogP contribution in [0.2, 0.25) is 5.02 Å². The molecule has 0 N–H and O–H groups in total. The molecule has 18 heavy (non-hydrogen) atoms. The summed E-state index contributed by atoms with van der Waals surface area (Å²) in [6, 6.07) is 3.09. The summed E-state index contributed by atoms with van der Waals surface area (Å²) >= 11 is 15.8. The van der Waals surface area contributed by atoms with Crippen LogP contribution >= 0.6 is 39.1 Å². The minimum atomic E-state index is -0.255. The lowest BCUT2D eigenvalue weighted by atomic mass is 10.0. The molecule has 2 aliphatic carbocycles. The molecule has 4 heteroatoms. The van der Waals surface area contributed by atoms with Crippen molar-refractivity contribution in [1.82, 2.24) is 0 Å². The lowest BCUT2D eigenvalue weighted by Gasteiger charge is -2.12. The molecule has 0 saturated heterocycles. The first-order valence-electron chi connectivity index (χ1n) is 6.38. The van der Waals surface area contributed by atoms with E-state index in [1.807, 2.05) is 0 Å². The lowest BCUT2D eigenvalue weighted by molar-refractivity contribution is 0.480. The van der Waals surface area contributed by atoms with Crippen LogP contribution in [-0.4, -0.2) is 0 Å². The van der Waals surface area contributed by atoms with Crippen molar-refractivity contribution in [3.05, 3.63) is 33.0 Å². The van der Waals surface area contributed by atoms with Crippen LogP contribution in [0.4, 0.5) is 4.39 Å². The van der Waals surface area contributed by atoms with Crippen LogP contribution in [0, 0.1) is 23.6 Å². The first-order chi connectivity index (χ1) is 8.59. The first-order valence-corrected chi connectivity index (χ1v) is 7.99. The van der Waals surface area contributed by atoms with E-state index in [4.69, 9.17) is 23.2 Å². The Hall–Kier alpha value is 0.210. The summed E-state index contributed by atoms with van der Waals surface area (Å²) in [5.74, 6) is 1.61. The topological polar surface area (TPSA) is 0 Å². The molecule has 1 aromatic carbocycles. The average Bonchev–Trinajstić information content (AvgIpc) is 3.07. The van der Waals surface area contributed by atoms with E-state index >= 15 is 0 Å². The Morgan fingerprint density at radius 1 is 1.22 bits per heavy atom. The van der Waals surface area contributed by atoms with Gasteiger partial charge >= 0.3 is 0 Å². The van der Waals surface area contributed by atoms with Crippen molar-refractivity contribution in [3.8, 4) is 0 Å². The van der Waals surface area contributed by atoms with E-state index in [2.05, 4.69) is 15.9 Å². The zero-order valence-electron chi connectivity index (χ0n) is 9.80. The standard InChI is InChI=1S/C14H14BrCl2F/c15-10-6-12(18)9(5-11(10)16)14(17)13-7-3-1-2-4-8(7)13/h5-8,13-14H,1-4H2. The SMILES string of the molecule is Fc1cc(Br)c(Cl)cc1C(Cl)C1C2CCCCC21. The summed E-state index contributed by atoms with van der Waals surface area (Å²) in [7, 11) is 0. The monoisotopic (exact) mass is 350 g/mol. The highest BCUT2D eigenvalue weighted by atomic mass is 79.9. The molecule has 1 aromatic rings. The van der Waals surface area contributed by atoms with Gasteiger partial charge in [0.1, 0.15) is 5.82 Å². The van der Waals surface area contributed by atoms with Crippen LogP contribution in [0.5, 0.6) is 0 Å². The van der Waals surface area contributed by atoms with Gasteiger partial charge in [0.2, 0.25) is 0 Å². The van der Waals surface area contributed by atoms with Gasteiger partial charge in [0.05, 0.1) is 10.4 Å². The van der Waals surface area contributed by atoms with Gasteiger partial charge in [-0.15, -0.1) is 11.6 Å². The maximum Gasteiger partial charge on any atom is 0.129 e. The molecule has 2 fully saturated rings. The predicted molar refractivity (Wildman–Crippen MR) is 76.6 cm³/mol. The summed E-state index contributed by atoms with van der Waals surface area (Å²) in [5, 5.41) is 0.296. The average molecular weight is 352 g/mol. The highest BCUT2D eigenvalue weighted by molar-refractivity contribution is 9.10. The fraction of sp³-hybridized carbons (Fsp3) is 0.571. The van der Waals surface area contributed by atoms with Gasteiger partial charge < -0.3 is 0 Å². The Morgan fingerprint density at radius 2 is 1.83 bits per heavy atom. The van der Waals surface area contributed by atoms with Crippen LogP contribution in [0.15, 0.2) is 16.6 Å². The Kier molecular flexibility index (Phi) is 3.64.